The Labute approximate surface area is 183 Å². The number of nitrogens with one attached hydrogen (secondary N) is 1. The van der Waals surface area contributed by atoms with Gasteiger partial charge >= 0.3 is 6.09 Å². The Morgan fingerprint density at radius 3 is 2.53 bits per heavy atom. The Morgan fingerprint density at radius 1 is 1.03 bits per heavy atom. The van der Waals surface area contributed by atoms with Crippen molar-refractivity contribution in [3.8, 4) is 11.4 Å². The molecule has 0 bridgehead atoms. The SMILES string of the molecule is CC(=O)c1ccc(NC(=O)OC2COC3C2OCC3n2nnnc2-c2ccccc2)cc1. The average molecular weight is 435 g/mol. The lowest BCUT2D eigenvalue weighted by molar-refractivity contribution is 0.00774. The zero-order valence-corrected chi connectivity index (χ0v) is 17.2. The van der Waals surface area contributed by atoms with Crippen molar-refractivity contribution in [3.63, 3.8) is 0 Å². The van der Waals surface area contributed by atoms with Gasteiger partial charge in [-0.15, -0.1) is 5.10 Å². The van der Waals surface area contributed by atoms with E-state index in [-0.39, 0.29) is 24.5 Å². The number of nitrogens with zero attached hydrogens (tertiary/aromatic N) is 4. The number of hydrogen-bond acceptors (Lipinski definition) is 8. The molecule has 0 radical (unpaired) electrons. The number of carbonyl (C=O) groups is 2. The number of rotatable bonds is 5. The lowest BCUT2D eigenvalue weighted by atomic mass is 10.1. The second-order valence-corrected chi connectivity index (χ2v) is 7.68. The number of hydrogen-bond donors (Lipinski definition) is 1. The smallest absolute Gasteiger partial charge is 0.412 e. The van der Waals surface area contributed by atoms with E-state index in [0.717, 1.165) is 5.56 Å². The molecule has 4 unspecified atom stereocenters. The van der Waals surface area contributed by atoms with Crippen LogP contribution in [-0.2, 0) is 14.2 Å². The van der Waals surface area contributed by atoms with E-state index in [1.165, 1.54) is 6.92 Å². The Morgan fingerprint density at radius 2 is 1.78 bits per heavy atom. The first kappa shape index (κ1) is 20.3. The number of ketones is 1. The standard InChI is InChI=1S/C22H21N5O5/c1-13(28)14-7-9-16(10-8-14)23-22(29)32-18-12-31-19-17(11-30-20(18)19)27-21(24-25-26-27)15-5-3-2-4-6-15/h2-10,17-20H,11-12H2,1H3,(H,23,29). The van der Waals surface area contributed by atoms with Crippen molar-refractivity contribution in [3.05, 3.63) is 60.2 Å². The molecule has 5 rings (SSSR count). The van der Waals surface area contributed by atoms with Crippen molar-refractivity contribution in [1.29, 1.82) is 0 Å². The van der Waals surface area contributed by atoms with Crippen molar-refractivity contribution in [1.82, 2.24) is 20.2 Å². The van der Waals surface area contributed by atoms with E-state index in [1.807, 2.05) is 30.3 Å². The average Bonchev–Trinajstić information content (AvgIpc) is 3.52. The third-order valence-electron chi connectivity index (χ3n) is 5.62. The van der Waals surface area contributed by atoms with Crippen molar-refractivity contribution < 1.29 is 23.8 Å². The molecule has 32 heavy (non-hydrogen) atoms. The topological polar surface area (TPSA) is 117 Å². The van der Waals surface area contributed by atoms with Crippen LogP contribution >= 0.6 is 0 Å². The summed E-state index contributed by atoms with van der Waals surface area (Å²) in [6, 6.07) is 16.0. The highest BCUT2D eigenvalue weighted by atomic mass is 16.6. The maximum absolute atomic E-state index is 12.4. The number of anilines is 1. The fourth-order valence-corrected chi connectivity index (χ4v) is 4.02. The Hall–Kier alpha value is -3.63. The molecule has 10 nitrogen and oxygen atoms in total. The van der Waals surface area contributed by atoms with Gasteiger partial charge in [0.2, 0.25) is 0 Å². The number of Topliss-reactive ketones (excluding diaryl/α,β-unsaturated/α-hetero) is 1. The molecule has 2 aromatic carbocycles. The van der Waals surface area contributed by atoms with E-state index in [4.69, 9.17) is 14.2 Å². The van der Waals surface area contributed by atoms with Crippen LogP contribution in [0.5, 0.6) is 0 Å². The molecule has 3 aromatic rings. The van der Waals surface area contributed by atoms with E-state index in [2.05, 4.69) is 20.8 Å². The zero-order valence-electron chi connectivity index (χ0n) is 17.2. The van der Waals surface area contributed by atoms with Gasteiger partial charge in [-0.3, -0.25) is 10.1 Å². The summed E-state index contributed by atoms with van der Waals surface area (Å²) in [7, 11) is 0. The number of ether oxygens (including phenoxy) is 3. The molecule has 2 aliphatic rings. The Kier molecular flexibility index (Phi) is 5.38. The van der Waals surface area contributed by atoms with Crippen LogP contribution in [0.15, 0.2) is 54.6 Å². The maximum Gasteiger partial charge on any atom is 0.412 e. The molecule has 1 N–H and O–H groups in total. The summed E-state index contributed by atoms with van der Waals surface area (Å²) in [5.41, 5.74) is 1.99. The quantitative estimate of drug-likeness (QED) is 0.608. The third kappa shape index (κ3) is 3.85. The minimum Gasteiger partial charge on any atom is -0.441 e. The number of aromatic nitrogens is 4. The van der Waals surface area contributed by atoms with Gasteiger partial charge in [0.05, 0.1) is 13.2 Å². The second kappa shape index (κ2) is 8.48. The van der Waals surface area contributed by atoms with Gasteiger partial charge in [-0.25, -0.2) is 9.48 Å². The highest BCUT2D eigenvalue weighted by Crippen LogP contribution is 2.36. The van der Waals surface area contributed by atoms with Gasteiger partial charge in [0.15, 0.2) is 17.7 Å². The summed E-state index contributed by atoms with van der Waals surface area (Å²) >= 11 is 0. The monoisotopic (exact) mass is 435 g/mol. The molecule has 2 saturated heterocycles. The Balaban J connectivity index is 1.24. The van der Waals surface area contributed by atoms with Crippen molar-refractivity contribution in [2.75, 3.05) is 18.5 Å². The molecule has 2 aliphatic heterocycles. The summed E-state index contributed by atoms with van der Waals surface area (Å²) < 4.78 is 19.1. The first-order valence-corrected chi connectivity index (χ1v) is 10.3. The van der Waals surface area contributed by atoms with Crippen LogP contribution < -0.4 is 5.32 Å². The van der Waals surface area contributed by atoms with Gasteiger partial charge in [-0.2, -0.15) is 0 Å². The molecule has 2 fully saturated rings. The zero-order chi connectivity index (χ0) is 22.1. The molecule has 4 atom stereocenters. The van der Waals surface area contributed by atoms with Crippen molar-refractivity contribution in [2.24, 2.45) is 0 Å². The minimum absolute atomic E-state index is 0.0424. The van der Waals surface area contributed by atoms with E-state index in [9.17, 15) is 9.59 Å². The fraction of sp³-hybridized carbons (Fsp3) is 0.318. The lowest BCUT2D eigenvalue weighted by Gasteiger charge is -2.18. The van der Waals surface area contributed by atoms with Crippen LogP contribution in [0.2, 0.25) is 0 Å². The van der Waals surface area contributed by atoms with Gasteiger partial charge in [0.1, 0.15) is 18.2 Å². The van der Waals surface area contributed by atoms with Crippen molar-refractivity contribution >= 4 is 17.6 Å². The minimum atomic E-state index is -0.616. The van der Waals surface area contributed by atoms with E-state index >= 15 is 0 Å². The summed E-state index contributed by atoms with van der Waals surface area (Å²) in [5.74, 6) is 0.582. The van der Waals surface area contributed by atoms with E-state index in [0.29, 0.717) is 23.7 Å². The predicted molar refractivity (Wildman–Crippen MR) is 112 cm³/mol. The highest BCUT2D eigenvalue weighted by Gasteiger charge is 2.51. The molecule has 0 aliphatic carbocycles. The summed E-state index contributed by atoms with van der Waals surface area (Å²) in [4.78, 5) is 23.8. The van der Waals surface area contributed by atoms with Gasteiger partial charge in [0, 0.05) is 16.8 Å². The molecule has 3 heterocycles. The summed E-state index contributed by atoms with van der Waals surface area (Å²) in [6.07, 6.45) is -1.93. The summed E-state index contributed by atoms with van der Waals surface area (Å²) in [5, 5.41) is 14.8. The first-order chi connectivity index (χ1) is 15.6. The largest absolute Gasteiger partial charge is 0.441 e. The van der Waals surface area contributed by atoms with E-state index < -0.39 is 18.3 Å². The number of carbonyl (C=O) groups excluding carboxylic acids is 2. The number of fused-ring (bicyclic) bond motifs is 1. The third-order valence-corrected chi connectivity index (χ3v) is 5.62. The van der Waals surface area contributed by atoms with E-state index in [1.54, 1.807) is 28.9 Å². The molecule has 0 saturated carbocycles. The van der Waals surface area contributed by atoms with Gasteiger partial charge in [0.25, 0.3) is 0 Å². The Bertz CT molecular complexity index is 1120. The van der Waals surface area contributed by atoms with Gasteiger partial charge in [-0.1, -0.05) is 30.3 Å². The normalized spacial score (nSPS) is 24.2. The maximum atomic E-state index is 12.4. The molecular weight excluding hydrogens is 414 g/mol. The lowest BCUT2D eigenvalue weighted by Crippen LogP contribution is -2.35. The predicted octanol–water partition coefficient (Wildman–Crippen LogP) is 2.50. The molecule has 1 aromatic heterocycles. The number of benzene rings is 2. The van der Waals surface area contributed by atoms with Crippen LogP contribution in [0.1, 0.15) is 23.3 Å². The molecule has 1 amide bonds. The molecule has 164 valence electrons. The fourth-order valence-electron chi connectivity index (χ4n) is 4.02. The van der Waals surface area contributed by atoms with Crippen LogP contribution in [0, 0.1) is 0 Å². The van der Waals surface area contributed by atoms with Crippen LogP contribution in [-0.4, -0.2) is 63.6 Å². The first-order valence-electron chi connectivity index (χ1n) is 10.3. The number of tetrazole rings is 1. The summed E-state index contributed by atoms with van der Waals surface area (Å²) in [6.45, 7) is 2.04. The van der Waals surface area contributed by atoms with Crippen LogP contribution in [0.4, 0.5) is 10.5 Å². The molecule has 0 spiro atoms. The van der Waals surface area contributed by atoms with Crippen molar-refractivity contribution in [2.45, 2.75) is 31.3 Å². The highest BCUT2D eigenvalue weighted by molar-refractivity contribution is 5.95. The second-order valence-electron chi connectivity index (χ2n) is 7.68. The van der Waals surface area contributed by atoms with Crippen LogP contribution in [0.3, 0.4) is 0 Å². The molecular formula is C22H21N5O5. The van der Waals surface area contributed by atoms with Gasteiger partial charge in [-0.05, 0) is 41.6 Å². The number of amides is 1. The van der Waals surface area contributed by atoms with Crippen LogP contribution in [0.25, 0.3) is 11.4 Å². The van der Waals surface area contributed by atoms with Gasteiger partial charge < -0.3 is 14.2 Å². The molecule has 10 heteroatoms.